The summed E-state index contributed by atoms with van der Waals surface area (Å²) >= 11 is 0. The van der Waals surface area contributed by atoms with Gasteiger partial charge in [0.1, 0.15) is 0 Å². The van der Waals surface area contributed by atoms with Gasteiger partial charge in [-0.2, -0.15) is 0 Å². The molecule has 1 aliphatic heterocycles. The number of amides is 1. The van der Waals surface area contributed by atoms with Crippen LogP contribution in [0.4, 0.5) is 0 Å². The van der Waals surface area contributed by atoms with E-state index in [0.717, 1.165) is 37.2 Å². The molecule has 0 radical (unpaired) electrons. The third kappa shape index (κ3) is 4.10. The van der Waals surface area contributed by atoms with Crippen LogP contribution in [0.15, 0.2) is 54.6 Å². The zero-order valence-corrected chi connectivity index (χ0v) is 15.5. The SMILES string of the molecule is Cc1ccccc1C(=O)N1CC(C)N(CCc2ccccc2)C(C)C1. The summed E-state index contributed by atoms with van der Waals surface area (Å²) < 4.78 is 0. The number of carbonyl (C=O) groups is 1. The first-order chi connectivity index (χ1) is 12.1. The summed E-state index contributed by atoms with van der Waals surface area (Å²) in [5, 5.41) is 0. The number of rotatable bonds is 4. The van der Waals surface area contributed by atoms with Gasteiger partial charge < -0.3 is 4.90 Å². The third-order valence-electron chi connectivity index (χ3n) is 5.27. The minimum absolute atomic E-state index is 0.166. The molecular formula is C22H28N2O. The van der Waals surface area contributed by atoms with Crippen molar-refractivity contribution in [2.75, 3.05) is 19.6 Å². The Balaban J connectivity index is 1.64. The highest BCUT2D eigenvalue weighted by Gasteiger charge is 2.32. The molecule has 132 valence electrons. The maximum absolute atomic E-state index is 12.9. The number of piperazine rings is 1. The first-order valence-electron chi connectivity index (χ1n) is 9.21. The van der Waals surface area contributed by atoms with Crippen molar-refractivity contribution in [3.8, 4) is 0 Å². The van der Waals surface area contributed by atoms with Gasteiger partial charge in [0.25, 0.3) is 5.91 Å². The standard InChI is InChI=1S/C22H28N2O/c1-17-9-7-8-12-21(17)22(25)23-15-18(2)24(19(3)16-23)14-13-20-10-5-4-6-11-20/h4-12,18-19H,13-16H2,1-3H3. The molecule has 25 heavy (non-hydrogen) atoms. The number of carbonyl (C=O) groups excluding carboxylic acids is 1. The van der Waals surface area contributed by atoms with E-state index in [1.165, 1.54) is 5.56 Å². The summed E-state index contributed by atoms with van der Waals surface area (Å²) in [5.74, 6) is 0.166. The van der Waals surface area contributed by atoms with E-state index < -0.39 is 0 Å². The maximum atomic E-state index is 12.9. The van der Waals surface area contributed by atoms with Gasteiger partial charge in [-0.25, -0.2) is 0 Å². The molecule has 2 aromatic carbocycles. The average Bonchev–Trinajstić information content (AvgIpc) is 2.61. The Bertz CT molecular complexity index is 701. The monoisotopic (exact) mass is 336 g/mol. The number of nitrogens with zero attached hydrogens (tertiary/aromatic N) is 2. The minimum atomic E-state index is 0.166. The molecule has 1 aliphatic rings. The first kappa shape index (κ1) is 17.7. The molecule has 1 amide bonds. The van der Waals surface area contributed by atoms with Gasteiger partial charge in [0.05, 0.1) is 0 Å². The molecular weight excluding hydrogens is 308 g/mol. The lowest BCUT2D eigenvalue weighted by Crippen LogP contribution is -2.58. The van der Waals surface area contributed by atoms with Gasteiger partial charge in [-0.05, 0) is 44.4 Å². The topological polar surface area (TPSA) is 23.6 Å². The molecule has 1 heterocycles. The second-order valence-electron chi connectivity index (χ2n) is 7.20. The third-order valence-corrected chi connectivity index (χ3v) is 5.27. The molecule has 0 saturated carbocycles. The van der Waals surface area contributed by atoms with Gasteiger partial charge in [-0.15, -0.1) is 0 Å². The van der Waals surface area contributed by atoms with Crippen molar-refractivity contribution < 1.29 is 4.79 Å². The number of hydrogen-bond donors (Lipinski definition) is 0. The fourth-order valence-corrected chi connectivity index (χ4v) is 3.85. The fraction of sp³-hybridized carbons (Fsp3) is 0.409. The van der Waals surface area contributed by atoms with Crippen molar-refractivity contribution in [2.45, 2.75) is 39.3 Å². The first-order valence-corrected chi connectivity index (χ1v) is 9.21. The molecule has 2 atom stereocenters. The largest absolute Gasteiger partial charge is 0.336 e. The van der Waals surface area contributed by atoms with Crippen LogP contribution >= 0.6 is 0 Å². The Morgan fingerprint density at radius 2 is 1.56 bits per heavy atom. The van der Waals surface area contributed by atoms with E-state index in [2.05, 4.69) is 49.1 Å². The van der Waals surface area contributed by atoms with Gasteiger partial charge in [0.2, 0.25) is 0 Å². The van der Waals surface area contributed by atoms with Gasteiger partial charge >= 0.3 is 0 Å². The molecule has 2 aromatic rings. The molecule has 3 nitrogen and oxygen atoms in total. The lowest BCUT2D eigenvalue weighted by Gasteiger charge is -2.44. The molecule has 3 heteroatoms. The summed E-state index contributed by atoms with van der Waals surface area (Å²) in [7, 11) is 0. The Morgan fingerprint density at radius 3 is 2.20 bits per heavy atom. The van der Waals surface area contributed by atoms with E-state index in [-0.39, 0.29) is 5.91 Å². The fourth-order valence-electron chi connectivity index (χ4n) is 3.85. The van der Waals surface area contributed by atoms with Gasteiger partial charge in [-0.1, -0.05) is 48.5 Å². The Hall–Kier alpha value is -2.13. The predicted octanol–water partition coefficient (Wildman–Crippen LogP) is 3.77. The average molecular weight is 336 g/mol. The van der Waals surface area contributed by atoms with Crippen LogP contribution in [0.3, 0.4) is 0 Å². The zero-order chi connectivity index (χ0) is 17.8. The van der Waals surface area contributed by atoms with Crippen LogP contribution in [0.1, 0.15) is 35.3 Å². The van der Waals surface area contributed by atoms with Crippen molar-refractivity contribution in [3.05, 3.63) is 71.3 Å². The summed E-state index contributed by atoms with van der Waals surface area (Å²) in [6, 6.07) is 19.3. The van der Waals surface area contributed by atoms with Gasteiger partial charge in [0.15, 0.2) is 0 Å². The van der Waals surface area contributed by atoms with E-state index in [4.69, 9.17) is 0 Å². The lowest BCUT2D eigenvalue weighted by atomic mass is 10.0. The minimum Gasteiger partial charge on any atom is -0.336 e. The van der Waals surface area contributed by atoms with E-state index >= 15 is 0 Å². The molecule has 0 N–H and O–H groups in total. The van der Waals surface area contributed by atoms with Crippen LogP contribution in [0.25, 0.3) is 0 Å². The van der Waals surface area contributed by atoms with Crippen LogP contribution in [-0.4, -0.2) is 47.4 Å². The molecule has 1 saturated heterocycles. The van der Waals surface area contributed by atoms with Crippen LogP contribution in [0.5, 0.6) is 0 Å². The van der Waals surface area contributed by atoms with E-state index in [1.807, 2.05) is 36.1 Å². The van der Waals surface area contributed by atoms with Crippen molar-refractivity contribution in [1.29, 1.82) is 0 Å². The van der Waals surface area contributed by atoms with Crippen LogP contribution in [-0.2, 0) is 6.42 Å². The van der Waals surface area contributed by atoms with Gasteiger partial charge in [-0.3, -0.25) is 9.69 Å². The second-order valence-corrected chi connectivity index (χ2v) is 7.20. The number of hydrogen-bond acceptors (Lipinski definition) is 2. The quantitative estimate of drug-likeness (QED) is 0.848. The molecule has 3 rings (SSSR count). The van der Waals surface area contributed by atoms with Crippen molar-refractivity contribution >= 4 is 5.91 Å². The number of aryl methyl sites for hydroxylation is 1. The molecule has 2 unspecified atom stereocenters. The predicted molar refractivity (Wildman–Crippen MR) is 103 cm³/mol. The lowest BCUT2D eigenvalue weighted by molar-refractivity contribution is 0.0311. The summed E-state index contributed by atoms with van der Waals surface area (Å²) in [4.78, 5) is 17.5. The highest BCUT2D eigenvalue weighted by molar-refractivity contribution is 5.95. The summed E-state index contributed by atoms with van der Waals surface area (Å²) in [5.41, 5.74) is 3.26. The maximum Gasteiger partial charge on any atom is 0.254 e. The molecule has 1 fully saturated rings. The normalized spacial score (nSPS) is 21.3. The molecule has 0 bridgehead atoms. The molecule has 0 aliphatic carbocycles. The van der Waals surface area contributed by atoms with Gasteiger partial charge in [0, 0.05) is 37.3 Å². The zero-order valence-electron chi connectivity index (χ0n) is 15.5. The number of benzene rings is 2. The van der Waals surface area contributed by atoms with E-state index in [1.54, 1.807) is 0 Å². The summed E-state index contributed by atoms with van der Waals surface area (Å²) in [6.07, 6.45) is 1.06. The highest BCUT2D eigenvalue weighted by Crippen LogP contribution is 2.20. The van der Waals surface area contributed by atoms with Crippen LogP contribution in [0, 0.1) is 6.92 Å². The highest BCUT2D eigenvalue weighted by atomic mass is 16.2. The van der Waals surface area contributed by atoms with Crippen molar-refractivity contribution in [1.82, 2.24) is 9.80 Å². The van der Waals surface area contributed by atoms with E-state index in [9.17, 15) is 4.79 Å². The smallest absolute Gasteiger partial charge is 0.254 e. The summed E-state index contributed by atoms with van der Waals surface area (Å²) in [6.45, 7) is 9.12. The Kier molecular flexibility index (Phi) is 5.54. The van der Waals surface area contributed by atoms with E-state index in [0.29, 0.717) is 12.1 Å². The molecule has 0 aromatic heterocycles. The van der Waals surface area contributed by atoms with Crippen molar-refractivity contribution in [3.63, 3.8) is 0 Å². The van der Waals surface area contributed by atoms with Crippen LogP contribution in [0.2, 0.25) is 0 Å². The Labute approximate surface area is 151 Å². The second kappa shape index (κ2) is 7.83. The Morgan fingerprint density at radius 1 is 0.960 bits per heavy atom. The van der Waals surface area contributed by atoms with Crippen molar-refractivity contribution in [2.24, 2.45) is 0 Å². The molecule has 0 spiro atoms. The van der Waals surface area contributed by atoms with Crippen LogP contribution < -0.4 is 0 Å².